The third-order valence-electron chi connectivity index (χ3n) is 6.53. The van der Waals surface area contributed by atoms with Crippen LogP contribution in [0.25, 0.3) is 0 Å². The summed E-state index contributed by atoms with van der Waals surface area (Å²) in [6.45, 7) is 1.02. The number of methoxy groups -OCH3 is 2. The van der Waals surface area contributed by atoms with Gasteiger partial charge in [0.1, 0.15) is 5.54 Å². The maximum absolute atomic E-state index is 13.3. The van der Waals surface area contributed by atoms with Gasteiger partial charge in [-0.05, 0) is 53.4 Å². The lowest BCUT2D eigenvalue weighted by Crippen LogP contribution is -2.56. The molecular formula is C29H32N2O5. The first kappa shape index (κ1) is 25.3. The highest BCUT2D eigenvalue weighted by Crippen LogP contribution is 2.33. The molecule has 1 aliphatic carbocycles. The second-order valence-electron chi connectivity index (χ2n) is 8.97. The molecule has 3 aromatic rings. The molecule has 0 aromatic heterocycles. The Bertz CT molecular complexity index is 1210. The average molecular weight is 489 g/mol. The first-order valence-corrected chi connectivity index (χ1v) is 12.0. The Hall–Kier alpha value is -3.84. The van der Waals surface area contributed by atoms with E-state index in [9.17, 15) is 9.59 Å². The Balaban J connectivity index is 1.48. The van der Waals surface area contributed by atoms with E-state index in [-0.39, 0.29) is 5.91 Å². The van der Waals surface area contributed by atoms with Gasteiger partial charge < -0.3 is 25.3 Å². The van der Waals surface area contributed by atoms with Crippen molar-refractivity contribution in [2.75, 3.05) is 27.4 Å². The van der Waals surface area contributed by atoms with E-state index in [1.807, 2.05) is 30.3 Å². The number of amides is 1. The van der Waals surface area contributed by atoms with Gasteiger partial charge in [-0.25, -0.2) is 4.79 Å². The van der Waals surface area contributed by atoms with Gasteiger partial charge in [0.05, 0.1) is 20.8 Å². The largest absolute Gasteiger partial charge is 0.493 e. The number of fused-ring (bicyclic) bond motifs is 1. The number of nitrogens with one attached hydrogen (secondary N) is 1. The summed E-state index contributed by atoms with van der Waals surface area (Å²) in [6.07, 6.45) is 2.29. The number of ether oxygens (including phenoxy) is 3. The normalized spacial score (nSPS) is 13.5. The quantitative estimate of drug-likeness (QED) is 0.425. The van der Waals surface area contributed by atoms with Crippen molar-refractivity contribution >= 4 is 11.9 Å². The Labute approximate surface area is 211 Å². The van der Waals surface area contributed by atoms with Crippen LogP contribution in [0.1, 0.15) is 32.6 Å². The third-order valence-corrected chi connectivity index (χ3v) is 6.53. The smallest absolute Gasteiger partial charge is 0.332 e. The summed E-state index contributed by atoms with van der Waals surface area (Å²) in [7, 11) is 2.89. The van der Waals surface area contributed by atoms with E-state index in [4.69, 9.17) is 19.9 Å². The molecule has 188 valence electrons. The molecule has 0 fully saturated rings. The van der Waals surface area contributed by atoms with E-state index in [0.29, 0.717) is 49.5 Å². The predicted octanol–water partition coefficient (Wildman–Crippen LogP) is 3.26. The van der Waals surface area contributed by atoms with Gasteiger partial charge in [-0.1, -0.05) is 48.5 Å². The van der Waals surface area contributed by atoms with Crippen molar-refractivity contribution in [1.29, 1.82) is 0 Å². The summed E-state index contributed by atoms with van der Waals surface area (Å²) >= 11 is 0. The average Bonchev–Trinajstić information content (AvgIpc) is 3.27. The van der Waals surface area contributed by atoms with E-state index in [1.165, 1.54) is 12.7 Å². The molecule has 0 radical (unpaired) electrons. The molecule has 7 heteroatoms. The van der Waals surface area contributed by atoms with Crippen molar-refractivity contribution in [3.05, 3.63) is 94.5 Å². The molecule has 1 aliphatic rings. The van der Waals surface area contributed by atoms with Crippen molar-refractivity contribution in [1.82, 2.24) is 5.32 Å². The van der Waals surface area contributed by atoms with Crippen LogP contribution >= 0.6 is 0 Å². The molecule has 3 aromatic carbocycles. The predicted molar refractivity (Wildman–Crippen MR) is 137 cm³/mol. The van der Waals surface area contributed by atoms with Crippen molar-refractivity contribution in [3.8, 4) is 11.5 Å². The molecule has 0 saturated carbocycles. The Morgan fingerprint density at radius 3 is 2.22 bits per heavy atom. The first-order valence-electron chi connectivity index (χ1n) is 12.0. The Kier molecular flexibility index (Phi) is 7.90. The standard InChI is InChI=1S/C29H32N2O5/c1-34-25-11-10-22(17-26(25)36-15-13-21-7-5-6-20(16-21)12-14-30)27(32)31-29(28(33)35-2)18-23-8-3-4-9-24(23)19-29/h3-11,16-17H,12-15,18-19,30H2,1-2H3,(H,31,32). The van der Waals surface area contributed by atoms with Gasteiger partial charge in [0.25, 0.3) is 5.91 Å². The van der Waals surface area contributed by atoms with Crippen LogP contribution < -0.4 is 20.5 Å². The minimum Gasteiger partial charge on any atom is -0.493 e. The highest BCUT2D eigenvalue weighted by molar-refractivity contribution is 5.99. The highest BCUT2D eigenvalue weighted by Gasteiger charge is 2.46. The molecule has 36 heavy (non-hydrogen) atoms. The second kappa shape index (κ2) is 11.3. The van der Waals surface area contributed by atoms with E-state index < -0.39 is 11.5 Å². The van der Waals surface area contributed by atoms with Crippen molar-refractivity contribution in [3.63, 3.8) is 0 Å². The van der Waals surface area contributed by atoms with Crippen molar-refractivity contribution < 1.29 is 23.8 Å². The summed E-state index contributed by atoms with van der Waals surface area (Å²) in [6, 6.07) is 21.0. The van der Waals surface area contributed by atoms with Crippen LogP contribution in [-0.4, -0.2) is 44.8 Å². The van der Waals surface area contributed by atoms with Gasteiger partial charge in [0, 0.05) is 24.8 Å². The lowest BCUT2D eigenvalue weighted by Gasteiger charge is -2.27. The van der Waals surface area contributed by atoms with E-state index >= 15 is 0 Å². The summed E-state index contributed by atoms with van der Waals surface area (Å²) in [5.41, 5.74) is 9.28. The third kappa shape index (κ3) is 5.52. The Morgan fingerprint density at radius 2 is 1.58 bits per heavy atom. The van der Waals surface area contributed by atoms with E-state index in [2.05, 4.69) is 23.5 Å². The number of rotatable bonds is 10. The topological polar surface area (TPSA) is 99.9 Å². The molecule has 7 nitrogen and oxygen atoms in total. The highest BCUT2D eigenvalue weighted by atomic mass is 16.5. The SMILES string of the molecule is COC(=O)C1(NC(=O)c2ccc(OC)c(OCCc3cccc(CCN)c3)c2)Cc2ccccc2C1. The Morgan fingerprint density at radius 1 is 0.889 bits per heavy atom. The molecule has 0 spiro atoms. The molecular weight excluding hydrogens is 456 g/mol. The number of nitrogens with two attached hydrogens (primary N) is 1. The molecule has 0 atom stereocenters. The summed E-state index contributed by atoms with van der Waals surface area (Å²) in [4.78, 5) is 26.1. The fourth-order valence-electron chi connectivity index (χ4n) is 4.70. The van der Waals surface area contributed by atoms with Crippen LogP contribution in [0.5, 0.6) is 11.5 Å². The van der Waals surface area contributed by atoms with E-state index in [1.54, 1.807) is 25.3 Å². The lowest BCUT2D eigenvalue weighted by molar-refractivity contribution is -0.147. The van der Waals surface area contributed by atoms with Crippen molar-refractivity contribution in [2.45, 2.75) is 31.2 Å². The van der Waals surface area contributed by atoms with Crippen LogP contribution in [0.15, 0.2) is 66.7 Å². The maximum atomic E-state index is 13.3. The number of carbonyl (C=O) groups excluding carboxylic acids is 2. The summed E-state index contributed by atoms with van der Waals surface area (Å²) in [5, 5.41) is 2.95. The number of hydrogen-bond donors (Lipinski definition) is 2. The van der Waals surface area contributed by atoms with Crippen LogP contribution in [0.2, 0.25) is 0 Å². The zero-order chi connectivity index (χ0) is 25.5. The zero-order valence-corrected chi connectivity index (χ0v) is 20.7. The monoisotopic (exact) mass is 488 g/mol. The van der Waals surface area contributed by atoms with Gasteiger partial charge in [0.15, 0.2) is 11.5 Å². The number of benzene rings is 3. The number of esters is 1. The first-order chi connectivity index (χ1) is 17.5. The van der Waals surface area contributed by atoms with Gasteiger partial charge >= 0.3 is 5.97 Å². The van der Waals surface area contributed by atoms with Crippen LogP contribution in [-0.2, 0) is 35.2 Å². The van der Waals surface area contributed by atoms with Crippen LogP contribution in [0, 0.1) is 0 Å². The zero-order valence-electron chi connectivity index (χ0n) is 20.7. The fraction of sp³-hybridized carbons (Fsp3) is 0.310. The number of carbonyl (C=O) groups is 2. The maximum Gasteiger partial charge on any atom is 0.332 e. The van der Waals surface area contributed by atoms with Gasteiger partial charge in [-0.2, -0.15) is 0 Å². The molecule has 0 unspecified atom stereocenters. The molecule has 4 rings (SSSR count). The second-order valence-corrected chi connectivity index (χ2v) is 8.97. The van der Waals surface area contributed by atoms with Gasteiger partial charge in [-0.3, -0.25) is 4.79 Å². The molecule has 0 bridgehead atoms. The summed E-state index contributed by atoms with van der Waals surface area (Å²) in [5.74, 6) is 0.147. The fourth-order valence-corrected chi connectivity index (χ4v) is 4.70. The molecule has 0 aliphatic heterocycles. The van der Waals surface area contributed by atoms with Crippen molar-refractivity contribution in [2.24, 2.45) is 5.73 Å². The number of hydrogen-bond acceptors (Lipinski definition) is 6. The molecule has 3 N–H and O–H groups in total. The minimum atomic E-state index is -1.15. The van der Waals surface area contributed by atoms with Crippen LogP contribution in [0.4, 0.5) is 0 Å². The minimum absolute atomic E-state index is 0.370. The lowest BCUT2D eigenvalue weighted by atomic mass is 9.95. The molecule has 0 saturated heterocycles. The molecule has 0 heterocycles. The van der Waals surface area contributed by atoms with E-state index in [0.717, 1.165) is 23.1 Å². The van der Waals surface area contributed by atoms with Gasteiger partial charge in [0.2, 0.25) is 0 Å². The van der Waals surface area contributed by atoms with Crippen LogP contribution in [0.3, 0.4) is 0 Å². The summed E-state index contributed by atoms with van der Waals surface area (Å²) < 4.78 is 16.5. The van der Waals surface area contributed by atoms with Gasteiger partial charge in [-0.15, -0.1) is 0 Å². The molecule has 1 amide bonds.